The van der Waals surface area contributed by atoms with E-state index < -0.39 is 11.9 Å². The summed E-state index contributed by atoms with van der Waals surface area (Å²) in [4.78, 5) is 27.4. The zero-order chi connectivity index (χ0) is 19.8. The number of nitrogens with zero attached hydrogens (tertiary/aromatic N) is 2. The first-order chi connectivity index (χ1) is 12.9. The van der Waals surface area contributed by atoms with Crippen molar-refractivity contribution in [1.29, 1.82) is 5.26 Å². The number of hydrogen-bond acceptors (Lipinski definition) is 4. The lowest BCUT2D eigenvalue weighted by molar-refractivity contribution is 0.0706. The summed E-state index contributed by atoms with van der Waals surface area (Å²) in [5.41, 5.74) is 3.88. The lowest BCUT2D eigenvalue weighted by Gasteiger charge is -2.17. The lowest BCUT2D eigenvalue weighted by atomic mass is 9.89. The molecule has 0 spiro atoms. The fourth-order valence-corrected chi connectivity index (χ4v) is 2.50. The lowest BCUT2D eigenvalue weighted by Crippen LogP contribution is -2.18. The number of carbonyl (C=O) groups excluding carboxylic acids is 2. The Hall–Kier alpha value is -3.50. The van der Waals surface area contributed by atoms with E-state index in [0.717, 1.165) is 5.56 Å². The summed E-state index contributed by atoms with van der Waals surface area (Å²) in [7, 11) is 0. The van der Waals surface area contributed by atoms with Crippen molar-refractivity contribution in [3.63, 3.8) is 0 Å². The monoisotopic (exact) mass is 364 g/mol. The minimum absolute atomic E-state index is 0.122. The minimum atomic E-state index is -0.585. The zero-order valence-corrected chi connectivity index (χ0v) is 15.0. The van der Waals surface area contributed by atoms with Gasteiger partial charge in [-0.25, -0.2) is 15.3 Å². The molecule has 0 aromatic heterocycles. The van der Waals surface area contributed by atoms with Crippen molar-refractivity contribution in [2.75, 3.05) is 5.32 Å². The molecule has 1 atom stereocenters. The maximum atomic E-state index is 12.1. The molecule has 1 unspecified atom stereocenters. The van der Waals surface area contributed by atoms with E-state index in [1.54, 1.807) is 60.2 Å². The zero-order valence-electron chi connectivity index (χ0n) is 15.0. The summed E-state index contributed by atoms with van der Waals surface area (Å²) in [6, 6.07) is 14.7. The first kappa shape index (κ1) is 19.8. The number of anilines is 1. The van der Waals surface area contributed by atoms with Crippen LogP contribution in [0.5, 0.6) is 0 Å². The first-order valence-corrected chi connectivity index (χ1v) is 8.34. The molecule has 2 rings (SSSR count). The number of benzene rings is 2. The van der Waals surface area contributed by atoms with Gasteiger partial charge in [0, 0.05) is 23.4 Å². The third-order valence-corrected chi connectivity index (χ3v) is 4.00. The van der Waals surface area contributed by atoms with Crippen molar-refractivity contribution in [3.8, 4) is 6.07 Å². The van der Waals surface area contributed by atoms with E-state index in [0.29, 0.717) is 16.8 Å². The summed E-state index contributed by atoms with van der Waals surface area (Å²) in [6.07, 6.45) is 1.57. The van der Waals surface area contributed by atoms with Gasteiger partial charge in [-0.1, -0.05) is 26.0 Å². The van der Waals surface area contributed by atoms with Crippen LogP contribution in [0.25, 0.3) is 0 Å². The predicted molar refractivity (Wildman–Crippen MR) is 102 cm³/mol. The molecular formula is C20H20N4O3. The quantitative estimate of drug-likeness (QED) is 0.426. The number of rotatable bonds is 5. The summed E-state index contributed by atoms with van der Waals surface area (Å²) in [6.45, 7) is 4.01. The predicted octanol–water partition coefficient (Wildman–Crippen LogP) is 3.72. The fourth-order valence-electron chi connectivity index (χ4n) is 2.50. The Morgan fingerprint density at radius 2 is 1.74 bits per heavy atom. The van der Waals surface area contributed by atoms with E-state index in [2.05, 4.69) is 10.3 Å². The van der Waals surface area contributed by atoms with Crippen LogP contribution in [-0.4, -0.2) is 23.4 Å². The third kappa shape index (κ3) is 5.49. The van der Waals surface area contributed by atoms with Crippen LogP contribution in [0, 0.1) is 17.2 Å². The Bertz CT molecular complexity index is 866. The van der Waals surface area contributed by atoms with Crippen LogP contribution in [0.2, 0.25) is 0 Å². The molecule has 27 heavy (non-hydrogen) atoms. The van der Waals surface area contributed by atoms with E-state index in [4.69, 9.17) is 10.5 Å². The van der Waals surface area contributed by atoms with Crippen LogP contribution < -0.4 is 10.8 Å². The van der Waals surface area contributed by atoms with Gasteiger partial charge in [0.05, 0.1) is 11.6 Å². The summed E-state index contributed by atoms with van der Waals surface area (Å²) in [5.74, 6) is -0.532. The number of aliphatic imine (C=N–C) groups is 1. The molecule has 0 saturated carbocycles. The van der Waals surface area contributed by atoms with Crippen LogP contribution in [0.1, 0.15) is 41.3 Å². The number of amides is 3. The van der Waals surface area contributed by atoms with E-state index in [1.807, 2.05) is 19.9 Å². The topological polar surface area (TPSA) is 115 Å². The smallest absolute Gasteiger partial charge is 0.306 e. The molecule has 3 amide bonds. The molecule has 7 heteroatoms. The minimum Gasteiger partial charge on any atom is -0.306 e. The van der Waals surface area contributed by atoms with Crippen LogP contribution in [0.4, 0.5) is 10.5 Å². The molecule has 0 bridgehead atoms. The first-order valence-electron chi connectivity index (χ1n) is 8.34. The van der Waals surface area contributed by atoms with E-state index in [-0.39, 0.29) is 11.8 Å². The normalized spacial score (nSPS) is 11.8. The average Bonchev–Trinajstić information content (AvgIpc) is 2.68. The molecule has 2 aromatic carbocycles. The highest BCUT2D eigenvalue weighted by Gasteiger charge is 2.15. The number of nitrogens with one attached hydrogen (secondary N) is 2. The Morgan fingerprint density at radius 3 is 2.26 bits per heavy atom. The van der Waals surface area contributed by atoms with Crippen LogP contribution >= 0.6 is 0 Å². The highest BCUT2D eigenvalue weighted by atomic mass is 16.5. The standard InChI is InChI=1S/C20H20N4O3/c1-13(2)18(15-5-7-16(8-6-15)19(25)24-27)12-22-20(26)23-17-9-3-14(11-21)4-10-17/h3-10,12-13,18,27H,1-2H3,(H,23,26)(H,24,25). The highest BCUT2D eigenvalue weighted by Crippen LogP contribution is 2.23. The maximum Gasteiger partial charge on any atom is 0.345 e. The largest absolute Gasteiger partial charge is 0.345 e. The molecule has 0 radical (unpaired) electrons. The number of hydrogen-bond donors (Lipinski definition) is 3. The molecular weight excluding hydrogens is 344 g/mol. The van der Waals surface area contributed by atoms with Crippen LogP contribution in [-0.2, 0) is 0 Å². The Balaban J connectivity index is 2.09. The second kappa shape index (κ2) is 9.27. The van der Waals surface area contributed by atoms with Crippen molar-refractivity contribution in [1.82, 2.24) is 5.48 Å². The van der Waals surface area contributed by atoms with Gasteiger partial charge in [-0.2, -0.15) is 5.26 Å². The number of urea groups is 1. The molecule has 7 nitrogen and oxygen atoms in total. The number of nitriles is 1. The molecule has 0 aliphatic carbocycles. The molecule has 0 heterocycles. The van der Waals surface area contributed by atoms with E-state index in [9.17, 15) is 9.59 Å². The van der Waals surface area contributed by atoms with E-state index in [1.165, 1.54) is 0 Å². The molecule has 0 aliphatic rings. The number of carbonyl (C=O) groups is 2. The van der Waals surface area contributed by atoms with Gasteiger partial charge in [0.2, 0.25) is 0 Å². The number of hydroxylamine groups is 1. The average molecular weight is 364 g/mol. The highest BCUT2D eigenvalue weighted by molar-refractivity contribution is 5.96. The van der Waals surface area contributed by atoms with Gasteiger partial charge in [-0.15, -0.1) is 0 Å². The van der Waals surface area contributed by atoms with Gasteiger partial charge in [-0.3, -0.25) is 10.0 Å². The maximum absolute atomic E-state index is 12.1. The summed E-state index contributed by atoms with van der Waals surface area (Å²) >= 11 is 0. The van der Waals surface area contributed by atoms with Crippen LogP contribution in [0.15, 0.2) is 53.5 Å². The SMILES string of the molecule is CC(C)C(C=NC(=O)Nc1ccc(C#N)cc1)c1ccc(C(=O)NO)cc1. The Kier molecular flexibility index (Phi) is 6.80. The summed E-state index contributed by atoms with van der Waals surface area (Å²) in [5, 5.41) is 20.1. The summed E-state index contributed by atoms with van der Waals surface area (Å²) < 4.78 is 0. The van der Waals surface area contributed by atoms with Gasteiger partial charge in [0.15, 0.2) is 0 Å². The Labute approximate surface area is 157 Å². The van der Waals surface area contributed by atoms with Crippen molar-refractivity contribution in [2.45, 2.75) is 19.8 Å². The van der Waals surface area contributed by atoms with Gasteiger partial charge in [-0.05, 0) is 47.9 Å². The van der Waals surface area contributed by atoms with Crippen molar-refractivity contribution >= 4 is 23.8 Å². The van der Waals surface area contributed by atoms with Crippen molar-refractivity contribution in [3.05, 3.63) is 65.2 Å². The molecule has 2 aromatic rings. The molecule has 0 aliphatic heterocycles. The second-order valence-corrected chi connectivity index (χ2v) is 6.23. The van der Waals surface area contributed by atoms with Crippen LogP contribution in [0.3, 0.4) is 0 Å². The fraction of sp³-hybridized carbons (Fsp3) is 0.200. The van der Waals surface area contributed by atoms with Gasteiger partial charge in [0.1, 0.15) is 0 Å². The van der Waals surface area contributed by atoms with Crippen molar-refractivity contribution < 1.29 is 14.8 Å². The third-order valence-electron chi connectivity index (χ3n) is 4.00. The molecule has 0 fully saturated rings. The molecule has 138 valence electrons. The Morgan fingerprint density at radius 1 is 1.11 bits per heavy atom. The van der Waals surface area contributed by atoms with Gasteiger partial charge < -0.3 is 5.32 Å². The van der Waals surface area contributed by atoms with Gasteiger partial charge >= 0.3 is 6.03 Å². The van der Waals surface area contributed by atoms with Crippen molar-refractivity contribution in [2.24, 2.45) is 10.9 Å². The second-order valence-electron chi connectivity index (χ2n) is 6.23. The molecule has 3 N–H and O–H groups in total. The van der Waals surface area contributed by atoms with E-state index >= 15 is 0 Å². The van der Waals surface area contributed by atoms with Gasteiger partial charge in [0.25, 0.3) is 5.91 Å². The molecule has 0 saturated heterocycles.